The number of nitrogens with one attached hydrogen (secondary N) is 1. The number of nitrogens with zero attached hydrogens (tertiary/aromatic N) is 2. The minimum atomic E-state index is -0.0974. The van der Waals surface area contributed by atoms with Gasteiger partial charge >= 0.3 is 0 Å². The van der Waals surface area contributed by atoms with E-state index in [1.807, 2.05) is 0 Å². The molecular weight excluding hydrogens is 236 g/mol. The SMILES string of the molecule is CC1CC1NC(=O)c1sc2nnccc2c1N. The Morgan fingerprint density at radius 1 is 1.65 bits per heavy atom. The van der Waals surface area contributed by atoms with E-state index in [1.54, 1.807) is 12.3 Å². The number of amides is 1. The van der Waals surface area contributed by atoms with Gasteiger partial charge in [0.2, 0.25) is 0 Å². The summed E-state index contributed by atoms with van der Waals surface area (Å²) in [6.07, 6.45) is 2.63. The molecule has 88 valence electrons. The van der Waals surface area contributed by atoms with E-state index in [0.29, 0.717) is 27.4 Å². The summed E-state index contributed by atoms with van der Waals surface area (Å²) in [6, 6.07) is 2.09. The molecule has 1 amide bonds. The molecule has 2 unspecified atom stereocenters. The molecule has 0 aromatic carbocycles. The van der Waals surface area contributed by atoms with Crippen LogP contribution in [0.5, 0.6) is 0 Å². The molecule has 1 fully saturated rings. The second kappa shape index (κ2) is 3.66. The maximum absolute atomic E-state index is 12.0. The van der Waals surface area contributed by atoms with Crippen LogP contribution < -0.4 is 11.1 Å². The quantitative estimate of drug-likeness (QED) is 0.842. The predicted octanol–water partition coefficient (Wildman–Crippen LogP) is 1.41. The zero-order valence-corrected chi connectivity index (χ0v) is 10.1. The normalized spacial score (nSPS) is 22.6. The number of hydrogen-bond acceptors (Lipinski definition) is 5. The number of fused-ring (bicyclic) bond motifs is 1. The third-order valence-electron chi connectivity index (χ3n) is 3.05. The van der Waals surface area contributed by atoms with Crippen LogP contribution in [0.4, 0.5) is 5.69 Å². The van der Waals surface area contributed by atoms with E-state index in [0.717, 1.165) is 11.8 Å². The van der Waals surface area contributed by atoms with Crippen LogP contribution in [0.2, 0.25) is 0 Å². The highest BCUT2D eigenvalue weighted by Crippen LogP contribution is 2.33. The van der Waals surface area contributed by atoms with E-state index >= 15 is 0 Å². The predicted molar refractivity (Wildman–Crippen MR) is 66.9 cm³/mol. The molecule has 0 bridgehead atoms. The third kappa shape index (κ3) is 1.74. The van der Waals surface area contributed by atoms with Gasteiger partial charge in [-0.05, 0) is 18.4 Å². The fourth-order valence-corrected chi connectivity index (χ4v) is 2.74. The van der Waals surface area contributed by atoms with Crippen molar-refractivity contribution in [3.05, 3.63) is 17.1 Å². The Hall–Kier alpha value is -1.69. The molecule has 1 saturated carbocycles. The molecule has 3 N–H and O–H groups in total. The molecule has 6 heteroatoms. The summed E-state index contributed by atoms with van der Waals surface area (Å²) in [6.45, 7) is 2.12. The zero-order valence-electron chi connectivity index (χ0n) is 9.30. The van der Waals surface area contributed by atoms with Crippen LogP contribution in [0.1, 0.15) is 23.0 Å². The van der Waals surface area contributed by atoms with Gasteiger partial charge in [0.05, 0.1) is 11.9 Å². The fourth-order valence-electron chi connectivity index (χ4n) is 1.80. The lowest BCUT2D eigenvalue weighted by molar-refractivity contribution is 0.0954. The lowest BCUT2D eigenvalue weighted by Gasteiger charge is -2.01. The van der Waals surface area contributed by atoms with Gasteiger partial charge < -0.3 is 11.1 Å². The Bertz CT molecular complexity index is 594. The largest absolute Gasteiger partial charge is 0.397 e. The van der Waals surface area contributed by atoms with Crippen molar-refractivity contribution in [2.75, 3.05) is 5.73 Å². The topological polar surface area (TPSA) is 80.9 Å². The Kier molecular flexibility index (Phi) is 2.25. The molecule has 2 aromatic rings. The van der Waals surface area contributed by atoms with E-state index in [-0.39, 0.29) is 5.91 Å². The second-order valence-electron chi connectivity index (χ2n) is 4.39. The molecule has 1 aliphatic carbocycles. The summed E-state index contributed by atoms with van der Waals surface area (Å²) in [4.78, 5) is 13.3. The van der Waals surface area contributed by atoms with Gasteiger partial charge in [-0.15, -0.1) is 16.4 Å². The summed E-state index contributed by atoms with van der Waals surface area (Å²) in [5, 5.41) is 11.5. The molecular formula is C11H12N4OS. The van der Waals surface area contributed by atoms with Gasteiger partial charge in [0.25, 0.3) is 5.91 Å². The van der Waals surface area contributed by atoms with Crippen molar-refractivity contribution >= 4 is 33.1 Å². The zero-order chi connectivity index (χ0) is 12.0. The van der Waals surface area contributed by atoms with Gasteiger partial charge in [0.1, 0.15) is 9.71 Å². The number of aromatic nitrogens is 2. The summed E-state index contributed by atoms with van der Waals surface area (Å²) >= 11 is 1.29. The molecule has 0 aliphatic heterocycles. The van der Waals surface area contributed by atoms with E-state index in [4.69, 9.17) is 5.73 Å². The summed E-state index contributed by atoms with van der Waals surface area (Å²) in [5.41, 5.74) is 6.46. The van der Waals surface area contributed by atoms with Crippen molar-refractivity contribution in [1.29, 1.82) is 0 Å². The lowest BCUT2D eigenvalue weighted by Crippen LogP contribution is -2.26. The van der Waals surface area contributed by atoms with Crippen LogP contribution in [0.25, 0.3) is 10.2 Å². The summed E-state index contributed by atoms with van der Waals surface area (Å²) in [7, 11) is 0. The molecule has 2 aromatic heterocycles. The number of hydrogen-bond donors (Lipinski definition) is 2. The first-order valence-electron chi connectivity index (χ1n) is 5.47. The number of nitrogen functional groups attached to an aromatic ring is 1. The maximum atomic E-state index is 12.0. The molecule has 2 atom stereocenters. The van der Waals surface area contributed by atoms with Gasteiger partial charge in [-0.25, -0.2) is 0 Å². The van der Waals surface area contributed by atoms with Crippen molar-refractivity contribution < 1.29 is 4.79 Å². The smallest absolute Gasteiger partial charge is 0.263 e. The van der Waals surface area contributed by atoms with Gasteiger partial charge in [-0.2, -0.15) is 5.10 Å². The van der Waals surface area contributed by atoms with Crippen LogP contribution in [-0.4, -0.2) is 22.1 Å². The molecule has 0 spiro atoms. The maximum Gasteiger partial charge on any atom is 0.263 e. The monoisotopic (exact) mass is 248 g/mol. The van der Waals surface area contributed by atoms with Crippen molar-refractivity contribution in [3.8, 4) is 0 Å². The first kappa shape index (κ1) is 10.5. The van der Waals surface area contributed by atoms with Crippen LogP contribution in [0, 0.1) is 5.92 Å². The Balaban J connectivity index is 1.94. The molecule has 1 aliphatic rings. The highest BCUT2D eigenvalue weighted by molar-refractivity contribution is 7.21. The number of carbonyl (C=O) groups is 1. The van der Waals surface area contributed by atoms with Gasteiger partial charge in [0.15, 0.2) is 0 Å². The van der Waals surface area contributed by atoms with Crippen molar-refractivity contribution in [1.82, 2.24) is 15.5 Å². The number of nitrogens with two attached hydrogens (primary N) is 1. The number of rotatable bonds is 2. The molecule has 2 heterocycles. The highest BCUT2D eigenvalue weighted by Gasteiger charge is 2.34. The molecule has 0 saturated heterocycles. The summed E-state index contributed by atoms with van der Waals surface area (Å²) < 4.78 is 0. The average Bonchev–Trinajstić information content (AvgIpc) is 2.89. The van der Waals surface area contributed by atoms with E-state index in [1.165, 1.54) is 11.3 Å². The third-order valence-corrected chi connectivity index (χ3v) is 4.16. The lowest BCUT2D eigenvalue weighted by atomic mass is 10.3. The van der Waals surface area contributed by atoms with E-state index in [2.05, 4.69) is 22.4 Å². The van der Waals surface area contributed by atoms with Crippen molar-refractivity contribution in [2.45, 2.75) is 19.4 Å². The van der Waals surface area contributed by atoms with Crippen molar-refractivity contribution in [2.24, 2.45) is 5.92 Å². The first-order valence-corrected chi connectivity index (χ1v) is 6.29. The average molecular weight is 248 g/mol. The van der Waals surface area contributed by atoms with E-state index in [9.17, 15) is 4.79 Å². The molecule has 3 rings (SSSR count). The number of carbonyl (C=O) groups excluding carboxylic acids is 1. The van der Waals surface area contributed by atoms with Crippen molar-refractivity contribution in [3.63, 3.8) is 0 Å². The fraction of sp³-hybridized carbons (Fsp3) is 0.364. The van der Waals surface area contributed by atoms with Gasteiger partial charge in [0, 0.05) is 11.4 Å². The Morgan fingerprint density at radius 2 is 2.41 bits per heavy atom. The van der Waals surface area contributed by atoms with Crippen LogP contribution in [0.3, 0.4) is 0 Å². The van der Waals surface area contributed by atoms with Crippen LogP contribution >= 0.6 is 11.3 Å². The van der Waals surface area contributed by atoms with Crippen LogP contribution in [0.15, 0.2) is 12.3 Å². The standard InChI is InChI=1S/C11H12N4OS/c1-5-4-7(5)14-10(16)9-8(12)6-2-3-13-15-11(6)17-9/h2-3,5,7H,4,12H2,1H3,(H,14,16). The first-order chi connectivity index (χ1) is 8.16. The minimum absolute atomic E-state index is 0.0974. The van der Waals surface area contributed by atoms with E-state index < -0.39 is 0 Å². The number of thiophene rings is 1. The second-order valence-corrected chi connectivity index (χ2v) is 5.39. The minimum Gasteiger partial charge on any atom is -0.397 e. The molecule has 0 radical (unpaired) electrons. The molecule has 5 nitrogen and oxygen atoms in total. The molecule has 17 heavy (non-hydrogen) atoms. The van der Waals surface area contributed by atoms with Gasteiger partial charge in [-0.3, -0.25) is 4.79 Å². The Labute approximate surface area is 102 Å². The highest BCUT2D eigenvalue weighted by atomic mass is 32.1. The number of anilines is 1. The summed E-state index contributed by atoms with van der Waals surface area (Å²) in [5.74, 6) is 0.481. The van der Waals surface area contributed by atoms with Gasteiger partial charge in [-0.1, -0.05) is 6.92 Å². The Morgan fingerprint density at radius 3 is 3.06 bits per heavy atom. The van der Waals surface area contributed by atoms with Crippen LogP contribution in [-0.2, 0) is 0 Å².